The number of amides is 1. The molecule has 0 saturated carbocycles. The van der Waals surface area contributed by atoms with Crippen LogP contribution in [0.2, 0.25) is 10.0 Å². The summed E-state index contributed by atoms with van der Waals surface area (Å²) in [6.07, 6.45) is 4.04. The summed E-state index contributed by atoms with van der Waals surface area (Å²) in [5.74, 6) is -0.735. The fourth-order valence-electron chi connectivity index (χ4n) is 6.32. The van der Waals surface area contributed by atoms with Gasteiger partial charge in [-0.3, -0.25) is 14.5 Å². The summed E-state index contributed by atoms with van der Waals surface area (Å²) in [5, 5.41) is 19.4. The molecule has 1 atom stereocenters. The molecule has 1 unspecified atom stereocenters. The molecule has 256 valence electrons. The minimum absolute atomic E-state index is 0.0817. The molecule has 4 N–H and O–H groups in total. The Morgan fingerprint density at radius 2 is 1.78 bits per heavy atom. The molecule has 13 heteroatoms. The lowest BCUT2D eigenvalue weighted by molar-refractivity contribution is -0.143. The molecule has 6 rings (SSSR count). The smallest absolute Gasteiger partial charge is 0.306 e. The summed E-state index contributed by atoms with van der Waals surface area (Å²) in [6, 6.07) is 16.4. The Kier molecular flexibility index (Phi) is 10.9. The Bertz CT molecular complexity index is 1850. The molecule has 2 aliphatic rings. The summed E-state index contributed by atoms with van der Waals surface area (Å²) in [5.41, 5.74) is 4.14. The number of ether oxygens (including phenoxy) is 1. The van der Waals surface area contributed by atoms with E-state index in [-0.39, 0.29) is 34.4 Å². The van der Waals surface area contributed by atoms with Crippen LogP contribution in [0.5, 0.6) is 5.88 Å². The number of anilines is 2. The monoisotopic (exact) mass is 706 g/mol. The molecule has 10 nitrogen and oxygen atoms in total. The zero-order valence-corrected chi connectivity index (χ0v) is 28.5. The average Bonchev–Trinajstić information content (AvgIpc) is 3.52. The first-order chi connectivity index (χ1) is 23.7. The van der Waals surface area contributed by atoms with Gasteiger partial charge in [0.05, 0.1) is 34.5 Å². The van der Waals surface area contributed by atoms with Gasteiger partial charge in [0.2, 0.25) is 11.8 Å². The van der Waals surface area contributed by atoms with Crippen molar-refractivity contribution in [1.29, 1.82) is 0 Å². The van der Waals surface area contributed by atoms with Gasteiger partial charge in [0.15, 0.2) is 5.82 Å². The van der Waals surface area contributed by atoms with Crippen LogP contribution in [-0.4, -0.2) is 64.6 Å². The Balaban J connectivity index is 1.18. The van der Waals surface area contributed by atoms with E-state index >= 15 is 4.39 Å². The van der Waals surface area contributed by atoms with Gasteiger partial charge in [0, 0.05) is 66.1 Å². The summed E-state index contributed by atoms with van der Waals surface area (Å²) in [7, 11) is 1.57. The van der Waals surface area contributed by atoms with Crippen molar-refractivity contribution in [3.63, 3.8) is 0 Å². The second-order valence-electron chi connectivity index (χ2n) is 12.3. The van der Waals surface area contributed by atoms with Crippen molar-refractivity contribution in [2.24, 2.45) is 5.92 Å². The van der Waals surface area contributed by atoms with Crippen LogP contribution in [0, 0.1) is 11.7 Å². The van der Waals surface area contributed by atoms with Crippen molar-refractivity contribution in [2.45, 2.75) is 44.8 Å². The number of aromatic nitrogens is 2. The molecular formula is C36H37Cl2FN6O4. The van der Waals surface area contributed by atoms with E-state index in [1.165, 1.54) is 0 Å². The van der Waals surface area contributed by atoms with Crippen LogP contribution in [-0.2, 0) is 22.7 Å². The Morgan fingerprint density at radius 3 is 2.51 bits per heavy atom. The molecule has 2 aromatic carbocycles. The molecule has 0 spiro atoms. The van der Waals surface area contributed by atoms with Crippen LogP contribution in [0.3, 0.4) is 0 Å². The number of methoxy groups -OCH3 is 1. The number of nitrogens with one attached hydrogen (secondary N) is 3. The van der Waals surface area contributed by atoms with Gasteiger partial charge in [-0.1, -0.05) is 59.6 Å². The number of carboxylic acids is 1. The maximum atomic E-state index is 15.7. The van der Waals surface area contributed by atoms with E-state index in [0.717, 1.165) is 12.0 Å². The fourth-order valence-corrected chi connectivity index (χ4v) is 6.91. The van der Waals surface area contributed by atoms with Gasteiger partial charge in [-0.05, 0) is 50.6 Å². The standard InChI is InChI=1S/C36H37Cl2FN6O4/c1-49-35-22(18-40-19-24-9-11-30(46)42-24)8-10-28(44-35)27-6-3-5-25(31(27)37)26-12-15-41-34(32(26)38)43-29-7-2-4-23(33(29)39)20-45-16-13-21(14-17-45)36(47)48/h2-8,10,12,15,21,24,40H,9,11,13-14,16-20H2,1H3,(H,41,43)(H,42,46)(H,47,48). The van der Waals surface area contributed by atoms with Crippen molar-refractivity contribution < 1.29 is 23.8 Å². The van der Waals surface area contributed by atoms with Gasteiger partial charge in [-0.2, -0.15) is 0 Å². The number of carbonyl (C=O) groups is 2. The van der Waals surface area contributed by atoms with E-state index < -0.39 is 11.8 Å². The number of hydrogen-bond acceptors (Lipinski definition) is 8. The Morgan fingerprint density at radius 1 is 1.02 bits per heavy atom. The van der Waals surface area contributed by atoms with Crippen molar-refractivity contribution in [1.82, 2.24) is 25.5 Å². The van der Waals surface area contributed by atoms with Crippen molar-refractivity contribution in [2.75, 3.05) is 32.1 Å². The second kappa shape index (κ2) is 15.5. The third kappa shape index (κ3) is 7.96. The van der Waals surface area contributed by atoms with Gasteiger partial charge in [-0.25, -0.2) is 14.4 Å². The first-order valence-electron chi connectivity index (χ1n) is 16.2. The van der Waals surface area contributed by atoms with Gasteiger partial charge >= 0.3 is 5.97 Å². The number of halogens is 3. The fraction of sp³-hybridized carbons (Fsp3) is 0.333. The number of likely N-dealkylation sites (tertiary alicyclic amines) is 1. The minimum atomic E-state index is -0.778. The molecule has 0 aliphatic carbocycles. The maximum absolute atomic E-state index is 15.7. The van der Waals surface area contributed by atoms with Gasteiger partial charge in [0.25, 0.3) is 0 Å². The number of rotatable bonds is 12. The molecule has 1 amide bonds. The first kappa shape index (κ1) is 34.6. The first-order valence-corrected chi connectivity index (χ1v) is 16.9. The van der Waals surface area contributed by atoms with Crippen LogP contribution in [0.25, 0.3) is 22.4 Å². The minimum Gasteiger partial charge on any atom is -0.481 e. The lowest BCUT2D eigenvalue weighted by Gasteiger charge is -2.30. The van der Waals surface area contributed by atoms with E-state index in [2.05, 4.69) is 25.8 Å². The zero-order chi connectivity index (χ0) is 34.5. The summed E-state index contributed by atoms with van der Waals surface area (Å²) in [6.45, 7) is 2.73. The van der Waals surface area contributed by atoms with E-state index in [0.29, 0.717) is 90.8 Å². The predicted molar refractivity (Wildman–Crippen MR) is 188 cm³/mol. The summed E-state index contributed by atoms with van der Waals surface area (Å²) in [4.78, 5) is 34.0. The molecule has 4 aromatic rings. The maximum Gasteiger partial charge on any atom is 0.306 e. The van der Waals surface area contributed by atoms with Crippen molar-refractivity contribution >= 4 is 46.6 Å². The largest absolute Gasteiger partial charge is 0.481 e. The van der Waals surface area contributed by atoms with E-state index in [1.807, 2.05) is 30.3 Å². The highest BCUT2D eigenvalue weighted by Gasteiger charge is 2.26. The van der Waals surface area contributed by atoms with Crippen LogP contribution >= 0.6 is 23.2 Å². The number of hydrogen-bond donors (Lipinski definition) is 4. The predicted octanol–water partition coefficient (Wildman–Crippen LogP) is 6.67. The molecule has 2 aliphatic heterocycles. The van der Waals surface area contributed by atoms with Crippen LogP contribution in [0.4, 0.5) is 15.9 Å². The van der Waals surface area contributed by atoms with Gasteiger partial charge in [-0.15, -0.1) is 0 Å². The molecule has 0 bridgehead atoms. The highest BCUT2D eigenvalue weighted by Crippen LogP contribution is 2.41. The molecular weight excluding hydrogens is 670 g/mol. The van der Waals surface area contributed by atoms with Gasteiger partial charge < -0.3 is 25.8 Å². The number of carbonyl (C=O) groups excluding carboxylic acids is 1. The Hall–Kier alpha value is -4.29. The number of aliphatic carboxylic acids is 1. The molecule has 2 saturated heterocycles. The third-order valence-electron chi connectivity index (χ3n) is 9.04. The topological polar surface area (TPSA) is 129 Å². The average molecular weight is 708 g/mol. The number of piperidine rings is 1. The molecule has 4 heterocycles. The molecule has 0 radical (unpaired) electrons. The quantitative estimate of drug-likeness (QED) is 0.128. The lowest BCUT2D eigenvalue weighted by atomic mass is 9.97. The number of benzene rings is 2. The van der Waals surface area contributed by atoms with Crippen LogP contribution in [0.15, 0.2) is 60.8 Å². The normalized spacial score (nSPS) is 16.8. The molecule has 49 heavy (non-hydrogen) atoms. The molecule has 2 fully saturated rings. The molecule has 2 aromatic heterocycles. The van der Waals surface area contributed by atoms with E-state index in [4.69, 9.17) is 32.9 Å². The number of nitrogens with zero attached hydrogens (tertiary/aromatic N) is 3. The Labute approximate surface area is 294 Å². The number of pyridine rings is 2. The summed E-state index contributed by atoms with van der Waals surface area (Å²) < 4.78 is 21.3. The van der Waals surface area contributed by atoms with Crippen molar-refractivity contribution in [3.8, 4) is 28.3 Å². The second-order valence-corrected chi connectivity index (χ2v) is 13.0. The van der Waals surface area contributed by atoms with Crippen LogP contribution in [0.1, 0.15) is 36.8 Å². The van der Waals surface area contributed by atoms with Crippen molar-refractivity contribution in [3.05, 3.63) is 87.8 Å². The van der Waals surface area contributed by atoms with E-state index in [9.17, 15) is 14.7 Å². The third-order valence-corrected chi connectivity index (χ3v) is 9.83. The lowest BCUT2D eigenvalue weighted by Crippen LogP contribution is -2.36. The van der Waals surface area contributed by atoms with Crippen LogP contribution < -0.4 is 20.7 Å². The van der Waals surface area contributed by atoms with E-state index in [1.54, 1.807) is 37.6 Å². The number of carboxylic acid groups (broad SMARTS) is 1. The highest BCUT2D eigenvalue weighted by molar-refractivity contribution is 6.39. The highest BCUT2D eigenvalue weighted by atomic mass is 35.5. The SMILES string of the molecule is COc1nc(-c2cccc(-c3ccnc(Nc4cccc(CN5CCC(C(=O)O)CC5)c4F)c3Cl)c2Cl)ccc1CNCC1CCC(=O)N1. The summed E-state index contributed by atoms with van der Waals surface area (Å²) >= 11 is 13.9. The zero-order valence-electron chi connectivity index (χ0n) is 26.9. The van der Waals surface area contributed by atoms with Gasteiger partial charge in [0.1, 0.15) is 5.82 Å².